The van der Waals surface area contributed by atoms with E-state index in [1.807, 2.05) is 0 Å². The molecule has 0 bridgehead atoms. The predicted octanol–water partition coefficient (Wildman–Crippen LogP) is 1.43. The van der Waals surface area contributed by atoms with Gasteiger partial charge in [-0.15, -0.1) is 0 Å². The topological polar surface area (TPSA) is 63.1 Å². The molecule has 0 aliphatic heterocycles. The Balaban J connectivity index is 1.71. The van der Waals surface area contributed by atoms with Crippen LogP contribution in [0.5, 0.6) is 0 Å². The Labute approximate surface area is 125 Å². The molecule has 21 heavy (non-hydrogen) atoms. The van der Waals surface area contributed by atoms with Crippen LogP contribution in [0.4, 0.5) is 0 Å². The van der Waals surface area contributed by atoms with Gasteiger partial charge in [-0.3, -0.25) is 9.59 Å². The van der Waals surface area contributed by atoms with E-state index < -0.39 is 0 Å². The summed E-state index contributed by atoms with van der Waals surface area (Å²) in [5.74, 6) is -0.185. The van der Waals surface area contributed by atoms with Gasteiger partial charge in [0.05, 0.1) is 0 Å². The summed E-state index contributed by atoms with van der Waals surface area (Å²) >= 11 is 0. The maximum absolute atomic E-state index is 11.9. The Hall–Kier alpha value is -1.62. The van der Waals surface area contributed by atoms with Crippen molar-refractivity contribution in [3.05, 3.63) is 34.2 Å². The predicted molar refractivity (Wildman–Crippen MR) is 83.5 cm³/mol. The molecule has 1 aliphatic rings. The second kappa shape index (κ2) is 7.98. The monoisotopic (exact) mass is 291 g/mol. The van der Waals surface area contributed by atoms with Crippen molar-refractivity contribution in [3.63, 3.8) is 0 Å². The summed E-state index contributed by atoms with van der Waals surface area (Å²) in [6, 6.07) is 3.62. The molecular formula is C16H25N3O2. The number of aromatic nitrogens is 1. The van der Waals surface area contributed by atoms with E-state index in [9.17, 15) is 9.59 Å². The maximum Gasteiger partial charge on any atom is 0.251 e. The van der Waals surface area contributed by atoms with Gasteiger partial charge in [-0.05, 0) is 18.9 Å². The van der Waals surface area contributed by atoms with E-state index in [2.05, 4.69) is 10.6 Å². The van der Waals surface area contributed by atoms with Crippen molar-refractivity contribution in [2.75, 3.05) is 13.1 Å². The van der Waals surface area contributed by atoms with Gasteiger partial charge in [0.15, 0.2) is 0 Å². The van der Waals surface area contributed by atoms with Crippen molar-refractivity contribution in [2.24, 2.45) is 7.05 Å². The lowest BCUT2D eigenvalue weighted by Crippen LogP contribution is -2.37. The number of nitrogens with one attached hydrogen (secondary N) is 2. The van der Waals surface area contributed by atoms with E-state index in [4.69, 9.17) is 0 Å². The van der Waals surface area contributed by atoms with E-state index >= 15 is 0 Å². The molecule has 0 spiro atoms. The minimum atomic E-state index is -0.185. The third-order valence-electron chi connectivity index (χ3n) is 4.07. The van der Waals surface area contributed by atoms with Gasteiger partial charge in [-0.25, -0.2) is 0 Å². The molecule has 116 valence electrons. The third kappa shape index (κ3) is 5.01. The van der Waals surface area contributed by atoms with E-state index in [0.717, 1.165) is 6.54 Å². The number of rotatable bonds is 5. The highest BCUT2D eigenvalue weighted by atomic mass is 16.2. The normalized spacial score (nSPS) is 16.4. The quantitative estimate of drug-likeness (QED) is 0.637. The van der Waals surface area contributed by atoms with Crippen molar-refractivity contribution in [3.8, 4) is 0 Å². The lowest BCUT2D eigenvalue weighted by Gasteiger charge is -2.16. The van der Waals surface area contributed by atoms with Gasteiger partial charge >= 0.3 is 0 Å². The number of nitrogens with zero attached hydrogens (tertiary/aromatic N) is 1. The largest absolute Gasteiger partial charge is 0.351 e. The molecular weight excluding hydrogens is 266 g/mol. The molecule has 1 aromatic rings. The zero-order valence-electron chi connectivity index (χ0n) is 12.7. The van der Waals surface area contributed by atoms with Gasteiger partial charge in [-0.2, -0.15) is 0 Å². The van der Waals surface area contributed by atoms with Crippen LogP contribution >= 0.6 is 0 Å². The van der Waals surface area contributed by atoms with Gasteiger partial charge < -0.3 is 15.2 Å². The summed E-state index contributed by atoms with van der Waals surface area (Å²) in [5, 5.41) is 6.36. The molecule has 1 fully saturated rings. The van der Waals surface area contributed by atoms with Gasteiger partial charge in [-0.1, -0.05) is 25.7 Å². The van der Waals surface area contributed by atoms with Crippen LogP contribution in [0.2, 0.25) is 0 Å². The van der Waals surface area contributed by atoms with Crippen LogP contribution in [0.25, 0.3) is 0 Å². The van der Waals surface area contributed by atoms with E-state index in [1.165, 1.54) is 49.2 Å². The summed E-state index contributed by atoms with van der Waals surface area (Å²) in [7, 11) is 1.67. The number of pyridine rings is 1. The van der Waals surface area contributed by atoms with E-state index in [1.54, 1.807) is 19.3 Å². The Bertz CT molecular complexity index is 516. The molecule has 0 atom stereocenters. The first-order chi connectivity index (χ1) is 10.2. The highest BCUT2D eigenvalue weighted by molar-refractivity contribution is 5.93. The SMILES string of the molecule is Cn1ccc(C(=O)NCCNC2CCCCCC2)cc1=O. The zero-order chi connectivity index (χ0) is 15.1. The van der Waals surface area contributed by atoms with Crippen LogP contribution in [0.1, 0.15) is 48.9 Å². The Kier molecular flexibility index (Phi) is 5.99. The number of carbonyl (C=O) groups is 1. The van der Waals surface area contributed by atoms with Crippen LogP contribution in [-0.4, -0.2) is 29.6 Å². The fourth-order valence-electron chi connectivity index (χ4n) is 2.73. The first-order valence-electron chi connectivity index (χ1n) is 7.85. The van der Waals surface area contributed by atoms with Crippen molar-refractivity contribution in [1.29, 1.82) is 0 Å². The van der Waals surface area contributed by atoms with Crippen LogP contribution < -0.4 is 16.2 Å². The summed E-state index contributed by atoms with van der Waals surface area (Å²) in [5.41, 5.74) is 0.256. The zero-order valence-corrected chi connectivity index (χ0v) is 12.7. The smallest absolute Gasteiger partial charge is 0.251 e. The minimum absolute atomic E-state index is 0.167. The van der Waals surface area contributed by atoms with Crippen molar-refractivity contribution >= 4 is 5.91 Å². The van der Waals surface area contributed by atoms with Gasteiger partial charge in [0.1, 0.15) is 0 Å². The number of aryl methyl sites for hydroxylation is 1. The molecule has 0 unspecified atom stereocenters. The first kappa shape index (κ1) is 15.8. The van der Waals surface area contributed by atoms with Gasteiger partial charge in [0.2, 0.25) is 0 Å². The molecule has 0 aromatic carbocycles. The Morgan fingerprint density at radius 3 is 2.62 bits per heavy atom. The lowest BCUT2D eigenvalue weighted by atomic mass is 10.1. The van der Waals surface area contributed by atoms with Crippen LogP contribution in [0.3, 0.4) is 0 Å². The molecule has 0 saturated heterocycles. The second-order valence-corrected chi connectivity index (χ2v) is 5.76. The molecule has 0 radical (unpaired) electrons. The Morgan fingerprint density at radius 2 is 1.95 bits per heavy atom. The molecule has 1 saturated carbocycles. The molecule has 1 heterocycles. The molecule has 5 nitrogen and oxygen atoms in total. The average Bonchev–Trinajstić information content (AvgIpc) is 2.75. The highest BCUT2D eigenvalue weighted by Gasteiger charge is 2.11. The summed E-state index contributed by atoms with van der Waals surface area (Å²) in [6.07, 6.45) is 9.39. The summed E-state index contributed by atoms with van der Waals surface area (Å²) in [4.78, 5) is 23.4. The lowest BCUT2D eigenvalue weighted by molar-refractivity contribution is 0.0953. The van der Waals surface area contributed by atoms with E-state index in [-0.39, 0.29) is 11.5 Å². The standard InChI is InChI=1S/C16H25N3O2/c1-19-11-8-13(12-15(19)20)16(21)18-10-9-17-14-6-4-2-3-5-7-14/h8,11-12,14,17H,2-7,9-10H2,1H3,(H,18,21). The van der Waals surface area contributed by atoms with Crippen molar-refractivity contribution in [2.45, 2.75) is 44.6 Å². The average molecular weight is 291 g/mol. The van der Waals surface area contributed by atoms with Crippen LogP contribution in [0, 0.1) is 0 Å². The molecule has 1 aliphatic carbocycles. The fourth-order valence-corrected chi connectivity index (χ4v) is 2.73. The molecule has 2 rings (SSSR count). The Morgan fingerprint density at radius 1 is 1.24 bits per heavy atom. The molecule has 1 amide bonds. The van der Waals surface area contributed by atoms with E-state index in [0.29, 0.717) is 18.2 Å². The number of amides is 1. The van der Waals surface area contributed by atoms with Gasteiger partial charge in [0, 0.05) is 44.0 Å². The second-order valence-electron chi connectivity index (χ2n) is 5.76. The maximum atomic E-state index is 11.9. The first-order valence-corrected chi connectivity index (χ1v) is 7.85. The molecule has 5 heteroatoms. The van der Waals surface area contributed by atoms with Crippen molar-refractivity contribution in [1.82, 2.24) is 15.2 Å². The minimum Gasteiger partial charge on any atom is -0.351 e. The third-order valence-corrected chi connectivity index (χ3v) is 4.07. The van der Waals surface area contributed by atoms with Crippen molar-refractivity contribution < 1.29 is 4.79 Å². The summed E-state index contributed by atoms with van der Waals surface area (Å²) < 4.78 is 1.45. The number of hydrogen-bond acceptors (Lipinski definition) is 3. The van der Waals surface area contributed by atoms with Crippen LogP contribution in [0.15, 0.2) is 23.1 Å². The number of hydrogen-bond donors (Lipinski definition) is 2. The number of carbonyl (C=O) groups excluding carboxylic acids is 1. The molecule has 1 aromatic heterocycles. The molecule has 2 N–H and O–H groups in total. The fraction of sp³-hybridized carbons (Fsp3) is 0.625. The van der Waals surface area contributed by atoms with Gasteiger partial charge in [0.25, 0.3) is 11.5 Å². The highest BCUT2D eigenvalue weighted by Crippen LogP contribution is 2.16. The van der Waals surface area contributed by atoms with Crippen LogP contribution in [-0.2, 0) is 7.05 Å². The summed E-state index contributed by atoms with van der Waals surface area (Å²) in [6.45, 7) is 1.37.